The van der Waals surface area contributed by atoms with Gasteiger partial charge in [0.05, 0.1) is 6.10 Å². The fraction of sp³-hybridized carbons (Fsp3) is 0.867. The van der Waals surface area contributed by atoms with Crippen LogP contribution in [0.4, 0.5) is 0 Å². The molecule has 5 aliphatic carbocycles. The molecule has 0 spiro atoms. The molecule has 0 bridgehead atoms. The van der Waals surface area contributed by atoms with Gasteiger partial charge in [-0.15, -0.1) is 0 Å². The zero-order valence-electron chi connectivity index (χ0n) is 22.3. The van der Waals surface area contributed by atoms with Crippen molar-refractivity contribution in [3.8, 4) is 0 Å². The fourth-order valence-corrected chi connectivity index (χ4v) is 10.7. The van der Waals surface area contributed by atoms with E-state index in [0.29, 0.717) is 37.0 Å². The first-order valence-corrected chi connectivity index (χ1v) is 13.6. The summed E-state index contributed by atoms with van der Waals surface area (Å²) in [5.41, 5.74) is 1.03. The number of ketones is 2. The molecule has 0 aliphatic heterocycles. The van der Waals surface area contributed by atoms with E-state index >= 15 is 0 Å². The molecule has 0 aromatic heterocycles. The molecule has 0 radical (unpaired) electrons. The van der Waals surface area contributed by atoms with Crippen LogP contribution in [0.5, 0.6) is 0 Å². The molecule has 3 nitrogen and oxygen atoms in total. The van der Waals surface area contributed by atoms with E-state index < -0.39 is 6.10 Å². The molecule has 0 aromatic rings. The lowest BCUT2D eigenvalue weighted by Gasteiger charge is -2.66. The Labute approximate surface area is 201 Å². The average molecular weight is 455 g/mol. The topological polar surface area (TPSA) is 54.4 Å². The summed E-state index contributed by atoms with van der Waals surface area (Å²) in [7, 11) is 0. The average Bonchev–Trinajstić information content (AvgIpc) is 3.07. The third-order valence-electron chi connectivity index (χ3n) is 12.7. The maximum Gasteiger partial charge on any atom is 0.160 e. The summed E-state index contributed by atoms with van der Waals surface area (Å²) >= 11 is 0. The van der Waals surface area contributed by atoms with Crippen LogP contribution in [0.25, 0.3) is 0 Å². The molecule has 0 amide bonds. The van der Waals surface area contributed by atoms with E-state index in [9.17, 15) is 14.7 Å². The van der Waals surface area contributed by atoms with Gasteiger partial charge in [-0.05, 0) is 78.4 Å². The number of hydrogen-bond donors (Lipinski definition) is 1. The molecule has 3 heteroatoms. The maximum absolute atomic E-state index is 14.2. The molecule has 0 heterocycles. The van der Waals surface area contributed by atoms with Crippen LogP contribution in [0.1, 0.15) is 107 Å². The summed E-state index contributed by atoms with van der Waals surface area (Å²) < 4.78 is 0. The molecular formula is C30H46O3. The minimum Gasteiger partial charge on any atom is -0.393 e. The minimum absolute atomic E-state index is 0.0302. The third kappa shape index (κ3) is 2.67. The third-order valence-corrected chi connectivity index (χ3v) is 12.7. The van der Waals surface area contributed by atoms with Crippen molar-refractivity contribution in [2.24, 2.45) is 50.7 Å². The second-order valence-corrected chi connectivity index (χ2v) is 14.6. The lowest BCUT2D eigenvalue weighted by molar-refractivity contribution is -0.155. The zero-order chi connectivity index (χ0) is 24.4. The van der Waals surface area contributed by atoms with E-state index in [4.69, 9.17) is 0 Å². The molecule has 5 aliphatic rings. The van der Waals surface area contributed by atoms with Gasteiger partial charge in [0.15, 0.2) is 11.6 Å². The Morgan fingerprint density at radius 2 is 1.48 bits per heavy atom. The van der Waals surface area contributed by atoms with Crippen molar-refractivity contribution in [2.75, 3.05) is 0 Å². The number of carbonyl (C=O) groups excluding carboxylic acids is 2. The standard InChI is InChI=1S/C30H46O3/c1-17(2)18-9-10-21-27(18,5)13-14-29(7)25-19(31)15-22-26(3,4)23(33)11-12-28(22,6)24(25)20(32)16-30(21,29)8/h17-18,21-23,33H,9-16H2,1-8H3. The van der Waals surface area contributed by atoms with Crippen LogP contribution in [-0.4, -0.2) is 22.8 Å². The van der Waals surface area contributed by atoms with Crippen molar-refractivity contribution in [3.05, 3.63) is 11.1 Å². The van der Waals surface area contributed by atoms with E-state index in [-0.39, 0.29) is 44.6 Å². The lowest BCUT2D eigenvalue weighted by Crippen LogP contribution is -2.62. The van der Waals surface area contributed by atoms with Gasteiger partial charge in [-0.1, -0.05) is 55.4 Å². The van der Waals surface area contributed by atoms with Gasteiger partial charge in [0, 0.05) is 34.8 Å². The Morgan fingerprint density at radius 3 is 2.12 bits per heavy atom. The van der Waals surface area contributed by atoms with Crippen LogP contribution in [0.2, 0.25) is 0 Å². The van der Waals surface area contributed by atoms with E-state index in [1.165, 1.54) is 12.8 Å². The predicted octanol–water partition coefficient (Wildman–Crippen LogP) is 6.53. The normalized spacial score (nSPS) is 51.2. The molecule has 0 aromatic carbocycles. The number of aliphatic hydroxyl groups excluding tert-OH is 1. The molecule has 3 fully saturated rings. The molecule has 5 rings (SSSR count). The van der Waals surface area contributed by atoms with E-state index in [1.54, 1.807) is 0 Å². The Hall–Kier alpha value is -0.960. The highest BCUT2D eigenvalue weighted by molar-refractivity contribution is 6.11. The van der Waals surface area contributed by atoms with Crippen LogP contribution in [0, 0.1) is 50.7 Å². The highest BCUT2D eigenvalue weighted by Gasteiger charge is 2.70. The Bertz CT molecular complexity index is 942. The predicted molar refractivity (Wildman–Crippen MR) is 131 cm³/mol. The highest BCUT2D eigenvalue weighted by Crippen LogP contribution is 2.74. The van der Waals surface area contributed by atoms with Crippen LogP contribution in [0.3, 0.4) is 0 Å². The second kappa shape index (κ2) is 6.83. The second-order valence-electron chi connectivity index (χ2n) is 14.6. The van der Waals surface area contributed by atoms with Gasteiger partial charge in [-0.3, -0.25) is 9.59 Å². The van der Waals surface area contributed by atoms with Gasteiger partial charge >= 0.3 is 0 Å². The van der Waals surface area contributed by atoms with Crippen LogP contribution < -0.4 is 0 Å². The number of rotatable bonds is 1. The number of allylic oxidation sites excluding steroid dienone is 2. The van der Waals surface area contributed by atoms with E-state index in [0.717, 1.165) is 30.4 Å². The first kappa shape index (κ1) is 23.8. The molecule has 33 heavy (non-hydrogen) atoms. The Balaban J connectivity index is 1.67. The Morgan fingerprint density at radius 1 is 0.818 bits per heavy atom. The molecule has 1 N–H and O–H groups in total. The van der Waals surface area contributed by atoms with Gasteiger partial charge < -0.3 is 5.11 Å². The van der Waals surface area contributed by atoms with Gasteiger partial charge in [0.2, 0.25) is 0 Å². The van der Waals surface area contributed by atoms with Crippen molar-refractivity contribution < 1.29 is 14.7 Å². The number of Topliss-reactive ketones (excluding diaryl/α,β-unsaturated/α-hetero) is 2. The molecular weight excluding hydrogens is 408 g/mol. The van der Waals surface area contributed by atoms with Gasteiger partial charge in [-0.2, -0.15) is 0 Å². The molecule has 8 atom stereocenters. The van der Waals surface area contributed by atoms with Crippen molar-refractivity contribution in [3.63, 3.8) is 0 Å². The van der Waals surface area contributed by atoms with Gasteiger partial charge in [0.25, 0.3) is 0 Å². The number of carbonyl (C=O) groups is 2. The van der Waals surface area contributed by atoms with Crippen LogP contribution in [0.15, 0.2) is 11.1 Å². The lowest BCUT2D eigenvalue weighted by atomic mass is 9.37. The summed E-state index contributed by atoms with van der Waals surface area (Å²) in [6.07, 6.45) is 6.80. The van der Waals surface area contributed by atoms with Gasteiger partial charge in [0.1, 0.15) is 0 Å². The highest BCUT2D eigenvalue weighted by atomic mass is 16.3. The Kier molecular flexibility index (Phi) is 4.92. The van der Waals surface area contributed by atoms with Crippen molar-refractivity contribution in [1.29, 1.82) is 0 Å². The number of fused-ring (bicyclic) bond motifs is 6. The zero-order valence-corrected chi connectivity index (χ0v) is 22.3. The fourth-order valence-electron chi connectivity index (χ4n) is 10.7. The van der Waals surface area contributed by atoms with Gasteiger partial charge in [-0.25, -0.2) is 0 Å². The van der Waals surface area contributed by atoms with Crippen LogP contribution in [-0.2, 0) is 9.59 Å². The quantitative estimate of drug-likeness (QED) is 0.490. The largest absolute Gasteiger partial charge is 0.393 e. The first-order chi connectivity index (χ1) is 15.1. The van der Waals surface area contributed by atoms with Crippen LogP contribution >= 0.6 is 0 Å². The van der Waals surface area contributed by atoms with Crippen molar-refractivity contribution in [1.82, 2.24) is 0 Å². The summed E-state index contributed by atoms with van der Waals surface area (Å²) in [4.78, 5) is 28.2. The molecule has 0 saturated heterocycles. The maximum atomic E-state index is 14.2. The SMILES string of the molecule is CC(C)C1CCC2C1(C)CCC1(C)C3=C(C(=O)CC21C)C1(C)CCC(O)C(C)(C)C1CC3=O. The summed E-state index contributed by atoms with van der Waals surface area (Å²) in [6.45, 7) is 18.4. The smallest absolute Gasteiger partial charge is 0.160 e. The summed E-state index contributed by atoms with van der Waals surface area (Å²) in [5.74, 6) is 2.35. The number of hydrogen-bond acceptors (Lipinski definition) is 3. The molecule has 3 saturated carbocycles. The molecule has 8 unspecified atom stereocenters. The minimum atomic E-state index is -0.410. The summed E-state index contributed by atoms with van der Waals surface area (Å²) in [5, 5.41) is 10.8. The van der Waals surface area contributed by atoms with Crippen molar-refractivity contribution in [2.45, 2.75) is 113 Å². The van der Waals surface area contributed by atoms with E-state index in [1.807, 2.05) is 0 Å². The van der Waals surface area contributed by atoms with Crippen molar-refractivity contribution >= 4 is 11.6 Å². The first-order valence-electron chi connectivity index (χ1n) is 13.6. The summed E-state index contributed by atoms with van der Waals surface area (Å²) in [6, 6.07) is 0. The van der Waals surface area contributed by atoms with E-state index in [2.05, 4.69) is 55.4 Å². The number of aliphatic hydroxyl groups is 1. The molecule has 184 valence electrons. The monoisotopic (exact) mass is 454 g/mol.